The lowest BCUT2D eigenvalue weighted by Crippen LogP contribution is -2.35. The molecule has 25 heavy (non-hydrogen) atoms. The summed E-state index contributed by atoms with van der Waals surface area (Å²) >= 11 is 0. The maximum absolute atomic E-state index is 12.5. The number of hydrogen-bond donors (Lipinski definition) is 1. The van der Waals surface area contributed by atoms with E-state index in [0.717, 1.165) is 21.4 Å². The number of hydrogen-bond acceptors (Lipinski definition) is 4. The van der Waals surface area contributed by atoms with E-state index < -0.39 is 0 Å². The number of carbonyl (C=O) groups is 1. The van der Waals surface area contributed by atoms with Crippen LogP contribution in [-0.2, 0) is 11.3 Å². The van der Waals surface area contributed by atoms with E-state index in [2.05, 4.69) is 15.6 Å². The van der Waals surface area contributed by atoms with Gasteiger partial charge in [0.1, 0.15) is 12.1 Å². The van der Waals surface area contributed by atoms with Gasteiger partial charge in [-0.25, -0.2) is 4.68 Å². The summed E-state index contributed by atoms with van der Waals surface area (Å²) < 4.78 is 1.10. The first kappa shape index (κ1) is 16.8. The van der Waals surface area contributed by atoms with Crippen molar-refractivity contribution in [2.24, 2.45) is 0 Å². The topological polar surface area (TPSA) is 76.9 Å². The van der Waals surface area contributed by atoms with E-state index >= 15 is 0 Å². The van der Waals surface area contributed by atoms with Crippen LogP contribution in [0.4, 0.5) is 0 Å². The van der Waals surface area contributed by atoms with Gasteiger partial charge in [-0.2, -0.15) is 0 Å². The molecule has 6 nitrogen and oxygen atoms in total. The fourth-order valence-corrected chi connectivity index (χ4v) is 2.71. The number of aryl methyl sites for hydroxylation is 2. The van der Waals surface area contributed by atoms with Crippen LogP contribution < -0.4 is 10.9 Å². The molecule has 0 aliphatic heterocycles. The Bertz CT molecular complexity index is 977. The molecule has 0 radical (unpaired) electrons. The Kier molecular flexibility index (Phi) is 4.61. The van der Waals surface area contributed by atoms with Gasteiger partial charge < -0.3 is 5.32 Å². The summed E-state index contributed by atoms with van der Waals surface area (Å²) in [7, 11) is 0. The normalized spacial score (nSPS) is 12.1. The Labute approximate surface area is 145 Å². The maximum atomic E-state index is 12.5. The van der Waals surface area contributed by atoms with Gasteiger partial charge in [-0.3, -0.25) is 9.59 Å². The zero-order valence-electron chi connectivity index (χ0n) is 14.5. The highest BCUT2D eigenvalue weighted by atomic mass is 16.2. The smallest absolute Gasteiger partial charge is 0.278 e. The molecule has 0 aliphatic rings. The lowest BCUT2D eigenvalue weighted by Gasteiger charge is -2.15. The fourth-order valence-electron chi connectivity index (χ4n) is 2.71. The third-order valence-electron chi connectivity index (χ3n) is 4.20. The average Bonchev–Trinajstić information content (AvgIpc) is 2.58. The lowest BCUT2D eigenvalue weighted by atomic mass is 10.1. The highest BCUT2D eigenvalue weighted by molar-refractivity contribution is 5.80. The van der Waals surface area contributed by atoms with Crippen LogP contribution in [-0.4, -0.2) is 20.9 Å². The second-order valence-corrected chi connectivity index (χ2v) is 6.22. The average molecular weight is 336 g/mol. The quantitative estimate of drug-likeness (QED) is 0.793. The summed E-state index contributed by atoms with van der Waals surface area (Å²) in [5.41, 5.74) is 3.30. The summed E-state index contributed by atoms with van der Waals surface area (Å²) in [6, 6.07) is 13.2. The second-order valence-electron chi connectivity index (χ2n) is 6.22. The van der Waals surface area contributed by atoms with Crippen LogP contribution in [0.3, 0.4) is 0 Å². The Morgan fingerprint density at radius 3 is 2.60 bits per heavy atom. The first-order valence-electron chi connectivity index (χ1n) is 8.15. The van der Waals surface area contributed by atoms with Crippen molar-refractivity contribution in [1.82, 2.24) is 20.3 Å². The SMILES string of the molecule is Cc1ccc([C@H](C)NC(=O)Cn2nnc3c(C)cccc3c2=O)cc1. The van der Waals surface area contributed by atoms with Crippen LogP contribution in [0.25, 0.3) is 10.9 Å². The number of aromatic nitrogens is 3. The number of nitrogens with zero attached hydrogens (tertiary/aromatic N) is 3. The molecule has 3 aromatic rings. The Hall–Kier alpha value is -3.02. The Morgan fingerprint density at radius 2 is 1.88 bits per heavy atom. The molecule has 6 heteroatoms. The largest absolute Gasteiger partial charge is 0.348 e. The van der Waals surface area contributed by atoms with Gasteiger partial charge in [0.15, 0.2) is 0 Å². The van der Waals surface area contributed by atoms with E-state index in [1.165, 1.54) is 0 Å². The van der Waals surface area contributed by atoms with Crippen molar-refractivity contribution >= 4 is 16.8 Å². The molecule has 0 fully saturated rings. The van der Waals surface area contributed by atoms with Crippen LogP contribution in [0.5, 0.6) is 0 Å². The van der Waals surface area contributed by atoms with Crippen molar-refractivity contribution in [3.63, 3.8) is 0 Å². The minimum Gasteiger partial charge on any atom is -0.348 e. The number of amides is 1. The molecule has 1 heterocycles. The van der Waals surface area contributed by atoms with E-state index in [0.29, 0.717) is 10.9 Å². The van der Waals surface area contributed by atoms with Crippen molar-refractivity contribution in [2.75, 3.05) is 0 Å². The predicted octanol–water partition coefficient (Wildman–Crippen LogP) is 2.29. The van der Waals surface area contributed by atoms with Gasteiger partial charge in [-0.05, 0) is 38.0 Å². The zero-order valence-corrected chi connectivity index (χ0v) is 14.5. The molecule has 2 aromatic carbocycles. The zero-order chi connectivity index (χ0) is 18.0. The van der Waals surface area contributed by atoms with E-state index in [1.54, 1.807) is 12.1 Å². The van der Waals surface area contributed by atoms with Gasteiger partial charge >= 0.3 is 0 Å². The van der Waals surface area contributed by atoms with Crippen LogP contribution >= 0.6 is 0 Å². The predicted molar refractivity (Wildman–Crippen MR) is 96.3 cm³/mol. The second kappa shape index (κ2) is 6.84. The third kappa shape index (κ3) is 3.57. The van der Waals surface area contributed by atoms with Crippen LogP contribution in [0.15, 0.2) is 47.3 Å². The number of carbonyl (C=O) groups excluding carboxylic acids is 1. The van der Waals surface area contributed by atoms with E-state index in [1.807, 2.05) is 51.1 Å². The molecule has 128 valence electrons. The van der Waals surface area contributed by atoms with Crippen LogP contribution in [0.2, 0.25) is 0 Å². The van der Waals surface area contributed by atoms with Crippen molar-refractivity contribution in [3.05, 3.63) is 69.5 Å². The van der Waals surface area contributed by atoms with Gasteiger partial charge in [-0.15, -0.1) is 5.10 Å². The monoisotopic (exact) mass is 336 g/mol. The summed E-state index contributed by atoms with van der Waals surface area (Å²) in [4.78, 5) is 24.8. The van der Waals surface area contributed by atoms with Crippen molar-refractivity contribution in [1.29, 1.82) is 0 Å². The Balaban J connectivity index is 1.77. The number of fused-ring (bicyclic) bond motifs is 1. The number of rotatable bonds is 4. The molecule has 1 N–H and O–H groups in total. The van der Waals surface area contributed by atoms with Crippen LogP contribution in [0.1, 0.15) is 29.7 Å². The third-order valence-corrected chi connectivity index (χ3v) is 4.20. The highest BCUT2D eigenvalue weighted by Crippen LogP contribution is 2.13. The molecular formula is C19H20N4O2. The van der Waals surface area contributed by atoms with E-state index in [-0.39, 0.29) is 24.1 Å². The molecule has 1 atom stereocenters. The van der Waals surface area contributed by atoms with Crippen molar-refractivity contribution in [3.8, 4) is 0 Å². The molecule has 0 spiro atoms. The number of nitrogens with one attached hydrogen (secondary N) is 1. The molecule has 1 aromatic heterocycles. The number of benzene rings is 2. The molecular weight excluding hydrogens is 316 g/mol. The molecule has 0 saturated heterocycles. The molecule has 3 rings (SSSR count). The standard InChI is InChI=1S/C19H20N4O2/c1-12-7-9-15(10-8-12)14(3)20-17(24)11-23-19(25)16-6-4-5-13(2)18(16)21-22-23/h4-10,14H,11H2,1-3H3,(H,20,24)/t14-/m0/s1. The van der Waals surface area contributed by atoms with Gasteiger partial charge in [0.2, 0.25) is 5.91 Å². The van der Waals surface area contributed by atoms with Crippen molar-refractivity contribution < 1.29 is 4.79 Å². The molecule has 0 saturated carbocycles. The summed E-state index contributed by atoms with van der Waals surface area (Å²) in [6.45, 7) is 5.63. The highest BCUT2D eigenvalue weighted by Gasteiger charge is 2.13. The van der Waals surface area contributed by atoms with Gasteiger partial charge in [0.25, 0.3) is 5.56 Å². The summed E-state index contributed by atoms with van der Waals surface area (Å²) in [5.74, 6) is -0.281. The first-order valence-corrected chi connectivity index (χ1v) is 8.15. The Morgan fingerprint density at radius 1 is 1.16 bits per heavy atom. The first-order chi connectivity index (χ1) is 12.0. The molecule has 0 aliphatic carbocycles. The van der Waals surface area contributed by atoms with E-state index in [4.69, 9.17) is 0 Å². The van der Waals surface area contributed by atoms with Crippen molar-refractivity contribution in [2.45, 2.75) is 33.4 Å². The molecule has 0 unspecified atom stereocenters. The maximum Gasteiger partial charge on any atom is 0.278 e. The van der Waals surface area contributed by atoms with Gasteiger partial charge in [-0.1, -0.05) is 47.2 Å². The van der Waals surface area contributed by atoms with Gasteiger partial charge in [0.05, 0.1) is 11.4 Å². The fraction of sp³-hybridized carbons (Fsp3) is 0.263. The van der Waals surface area contributed by atoms with Crippen LogP contribution in [0, 0.1) is 13.8 Å². The molecule has 1 amide bonds. The molecule has 0 bridgehead atoms. The minimum absolute atomic E-state index is 0.153. The minimum atomic E-state index is -0.313. The van der Waals surface area contributed by atoms with E-state index in [9.17, 15) is 9.59 Å². The lowest BCUT2D eigenvalue weighted by molar-refractivity contribution is -0.122. The van der Waals surface area contributed by atoms with Gasteiger partial charge in [0, 0.05) is 0 Å². The summed E-state index contributed by atoms with van der Waals surface area (Å²) in [6.07, 6.45) is 0. The summed E-state index contributed by atoms with van der Waals surface area (Å²) in [5, 5.41) is 11.3.